The maximum Gasteiger partial charge on any atom is 0.425 e. The summed E-state index contributed by atoms with van der Waals surface area (Å²) in [4.78, 5) is 62.7. The summed E-state index contributed by atoms with van der Waals surface area (Å²) < 4.78 is 9.53. The molecule has 1 saturated carbocycles. The lowest BCUT2D eigenvalue weighted by atomic mass is 9.74. The predicted octanol–water partition coefficient (Wildman–Crippen LogP) is 7.41. The Kier molecular flexibility index (Phi) is 12.5. The fraction of sp³-hybridized carbons (Fsp3) is 0.488. The number of allylic oxidation sites excluding steroid dienone is 2. The largest absolute Gasteiger partial charge is 0.453 e. The van der Waals surface area contributed by atoms with E-state index in [1.54, 1.807) is 0 Å². The molecule has 12 heteroatoms. The summed E-state index contributed by atoms with van der Waals surface area (Å²) in [6.07, 6.45) is 9.39. The lowest BCUT2D eigenvalue weighted by Crippen LogP contribution is -2.54. The van der Waals surface area contributed by atoms with Crippen molar-refractivity contribution in [3.63, 3.8) is 0 Å². The molecule has 0 aromatic heterocycles. The van der Waals surface area contributed by atoms with Crippen molar-refractivity contribution in [1.82, 2.24) is 20.7 Å². The van der Waals surface area contributed by atoms with Gasteiger partial charge in [0.2, 0.25) is 11.8 Å². The molecule has 2 aromatic rings. The van der Waals surface area contributed by atoms with Crippen molar-refractivity contribution in [1.29, 1.82) is 0 Å². The van der Waals surface area contributed by atoms with Crippen molar-refractivity contribution < 1.29 is 28.7 Å². The highest BCUT2D eigenvalue weighted by molar-refractivity contribution is 6.04. The summed E-state index contributed by atoms with van der Waals surface area (Å²) in [5, 5.41) is 4.13. The lowest BCUT2D eigenvalue weighted by molar-refractivity contribution is -0.142. The van der Waals surface area contributed by atoms with Gasteiger partial charge in [0.1, 0.15) is 6.04 Å². The minimum absolute atomic E-state index is 0.0251. The Hall–Kier alpha value is -5.26. The molecule has 4 atom stereocenters. The molecule has 2 aromatic carbocycles. The first-order chi connectivity index (χ1) is 26.5. The van der Waals surface area contributed by atoms with Gasteiger partial charge in [-0.1, -0.05) is 75.2 Å². The number of carbonyl (C=O) groups is 4. The zero-order valence-electron chi connectivity index (χ0n) is 32.8. The van der Waals surface area contributed by atoms with Crippen LogP contribution in [-0.2, 0) is 19.1 Å². The van der Waals surface area contributed by atoms with Crippen LogP contribution in [-0.4, -0.2) is 84.2 Å². The zero-order valence-corrected chi connectivity index (χ0v) is 32.8. The van der Waals surface area contributed by atoms with E-state index < -0.39 is 18.2 Å². The van der Waals surface area contributed by atoms with Crippen molar-refractivity contribution in [2.45, 2.75) is 97.2 Å². The molecule has 12 nitrogen and oxygen atoms in total. The van der Waals surface area contributed by atoms with Gasteiger partial charge in [-0.2, -0.15) is 0 Å². The molecule has 2 fully saturated rings. The van der Waals surface area contributed by atoms with Gasteiger partial charge in [0.25, 0.3) is 0 Å². The number of ether oxygens (including phenoxy) is 2. The molecule has 0 radical (unpaired) electrons. The normalized spacial score (nSPS) is 21.4. The van der Waals surface area contributed by atoms with Crippen LogP contribution in [0.5, 0.6) is 0 Å². The van der Waals surface area contributed by atoms with E-state index >= 15 is 0 Å². The summed E-state index contributed by atoms with van der Waals surface area (Å²) in [5.74, 6) is -0.488. The standard InChI is InChI=1S/C43H54N6O6/c1-26(2)39(46-42(52)54-5)41(51)48-21-9-12-38(48)37-23-33(25-45-37)31-19-15-29(16-20-31)28-13-17-30(18-14-28)32-22-36(44-24-32)34-10-7-8-11-35(34)40(50)49(27(3)4)47-43(53)55-6/h13-20,24-27,34-35,38-39H,7-12,21-23H2,1-6H3,(H,46,52)(H,47,53)/t34-,35-,38-,39-/m0/s1. The van der Waals surface area contributed by atoms with Gasteiger partial charge in [-0.3, -0.25) is 19.6 Å². The number of carbonyl (C=O) groups excluding carboxylic acids is 4. The number of alkyl carbamates (subject to hydrolysis) is 1. The molecular weight excluding hydrogens is 697 g/mol. The third-order valence-electron chi connectivity index (χ3n) is 11.3. The monoisotopic (exact) mass is 750 g/mol. The quantitative estimate of drug-likeness (QED) is 0.242. The van der Waals surface area contributed by atoms with Crippen molar-refractivity contribution in [2.24, 2.45) is 27.7 Å². The second kappa shape index (κ2) is 17.5. The topological polar surface area (TPSA) is 142 Å². The fourth-order valence-corrected chi connectivity index (χ4v) is 8.27. The van der Waals surface area contributed by atoms with Crippen molar-refractivity contribution in [2.75, 3.05) is 20.8 Å². The van der Waals surface area contributed by atoms with Crippen LogP contribution < -0.4 is 10.7 Å². The molecule has 1 saturated heterocycles. The second-order valence-electron chi connectivity index (χ2n) is 15.5. The second-order valence-corrected chi connectivity index (χ2v) is 15.5. The molecular formula is C43H54N6O6. The maximum atomic E-state index is 13.7. The fourth-order valence-electron chi connectivity index (χ4n) is 8.27. The average Bonchev–Trinajstić information content (AvgIpc) is 4.00. The predicted molar refractivity (Wildman–Crippen MR) is 214 cm³/mol. The Morgan fingerprint density at radius 3 is 1.84 bits per heavy atom. The van der Waals surface area contributed by atoms with Crippen LogP contribution in [0, 0.1) is 17.8 Å². The van der Waals surface area contributed by atoms with Gasteiger partial charge in [-0.05, 0) is 78.8 Å². The van der Waals surface area contributed by atoms with Gasteiger partial charge in [0.05, 0.1) is 20.3 Å². The Labute approximate surface area is 324 Å². The number of aliphatic imine (C=N–C) groups is 2. The number of rotatable bonds is 10. The summed E-state index contributed by atoms with van der Waals surface area (Å²) in [7, 11) is 2.59. The number of nitrogens with one attached hydrogen (secondary N) is 2. The molecule has 292 valence electrons. The minimum Gasteiger partial charge on any atom is -0.453 e. The first kappa shape index (κ1) is 39.4. The first-order valence-electron chi connectivity index (χ1n) is 19.5. The van der Waals surface area contributed by atoms with E-state index in [0.29, 0.717) is 19.4 Å². The molecule has 4 aliphatic rings. The number of hydrazine groups is 1. The molecule has 0 bridgehead atoms. The molecule has 3 heterocycles. The highest BCUT2D eigenvalue weighted by atomic mass is 16.5. The van der Waals surface area contributed by atoms with Crippen LogP contribution in [0.4, 0.5) is 9.59 Å². The molecule has 0 unspecified atom stereocenters. The molecule has 1 aliphatic carbocycles. The number of likely N-dealkylation sites (tertiary alicyclic amines) is 1. The average molecular weight is 751 g/mol. The Balaban J connectivity index is 1.05. The molecule has 4 amide bonds. The van der Waals surface area contributed by atoms with Crippen molar-refractivity contribution in [3.05, 3.63) is 72.1 Å². The SMILES string of the molecule is COC(=O)N[C@H](C(=O)N1CCC[C@H]1C1=NC=C(c2ccc(-c3ccc(C4=CN=C([C@H]5CCCC[C@@H]5C(=O)N(NC(=O)OC)C(C)C)C4)cc3)cc2)C1)C(C)C. The third-order valence-corrected chi connectivity index (χ3v) is 11.3. The minimum atomic E-state index is -0.656. The van der Waals surface area contributed by atoms with Gasteiger partial charge in [0, 0.05) is 61.1 Å². The van der Waals surface area contributed by atoms with E-state index in [2.05, 4.69) is 59.3 Å². The Morgan fingerprint density at radius 2 is 1.27 bits per heavy atom. The van der Waals surface area contributed by atoms with Gasteiger partial charge in [-0.25, -0.2) is 20.0 Å². The molecule has 2 N–H and O–H groups in total. The Morgan fingerprint density at radius 1 is 0.727 bits per heavy atom. The number of hydrogen-bond donors (Lipinski definition) is 2. The maximum absolute atomic E-state index is 13.7. The van der Waals surface area contributed by atoms with Crippen molar-refractivity contribution in [3.8, 4) is 11.1 Å². The van der Waals surface area contributed by atoms with Crippen LogP contribution in [0.1, 0.15) is 90.2 Å². The molecule has 3 aliphatic heterocycles. The van der Waals surface area contributed by atoms with E-state index in [9.17, 15) is 19.2 Å². The van der Waals surface area contributed by atoms with E-state index in [-0.39, 0.29) is 41.7 Å². The highest BCUT2D eigenvalue weighted by Gasteiger charge is 2.40. The third kappa shape index (κ3) is 8.84. The molecule has 6 rings (SSSR count). The Bertz CT molecular complexity index is 1880. The van der Waals surface area contributed by atoms with E-state index in [1.807, 2.05) is 45.0 Å². The van der Waals surface area contributed by atoms with E-state index in [4.69, 9.17) is 19.5 Å². The molecule has 0 spiro atoms. The van der Waals surface area contributed by atoms with E-state index in [0.717, 1.165) is 83.3 Å². The van der Waals surface area contributed by atoms with Gasteiger partial charge < -0.3 is 19.7 Å². The van der Waals surface area contributed by atoms with Crippen LogP contribution in [0.2, 0.25) is 0 Å². The summed E-state index contributed by atoms with van der Waals surface area (Å²) in [6.45, 7) is 8.23. The lowest BCUT2D eigenvalue weighted by Gasteiger charge is -2.36. The van der Waals surface area contributed by atoms with Crippen molar-refractivity contribution >= 4 is 46.6 Å². The van der Waals surface area contributed by atoms with Gasteiger partial charge >= 0.3 is 12.2 Å². The van der Waals surface area contributed by atoms with Crippen LogP contribution in [0.15, 0.2) is 70.9 Å². The summed E-state index contributed by atoms with van der Waals surface area (Å²) in [5.41, 5.74) is 11.3. The number of amides is 4. The number of benzene rings is 2. The van der Waals surface area contributed by atoms with E-state index in [1.165, 1.54) is 19.2 Å². The number of hydrogen-bond acceptors (Lipinski definition) is 8. The number of nitrogens with zero attached hydrogens (tertiary/aromatic N) is 4. The van der Waals surface area contributed by atoms with Gasteiger partial charge in [0.15, 0.2) is 0 Å². The molecule has 55 heavy (non-hydrogen) atoms. The highest BCUT2D eigenvalue weighted by Crippen LogP contribution is 2.38. The van der Waals surface area contributed by atoms with Crippen LogP contribution in [0.3, 0.4) is 0 Å². The number of methoxy groups -OCH3 is 2. The van der Waals surface area contributed by atoms with Gasteiger partial charge in [-0.15, -0.1) is 0 Å². The summed E-state index contributed by atoms with van der Waals surface area (Å²) in [6, 6.07) is 16.1. The zero-order chi connectivity index (χ0) is 39.2. The van der Waals surface area contributed by atoms with Crippen LogP contribution in [0.25, 0.3) is 22.3 Å². The van der Waals surface area contributed by atoms with Crippen LogP contribution >= 0.6 is 0 Å². The smallest absolute Gasteiger partial charge is 0.425 e. The summed E-state index contributed by atoms with van der Waals surface area (Å²) >= 11 is 0. The first-order valence-corrected chi connectivity index (χ1v) is 19.5.